The van der Waals surface area contributed by atoms with Crippen molar-refractivity contribution in [3.05, 3.63) is 59.9 Å². The summed E-state index contributed by atoms with van der Waals surface area (Å²) in [5, 5.41) is 3.78. The molecule has 0 spiro atoms. The van der Waals surface area contributed by atoms with Gasteiger partial charge >= 0.3 is 0 Å². The highest BCUT2D eigenvalue weighted by Gasteiger charge is 2.18. The van der Waals surface area contributed by atoms with Gasteiger partial charge in [-0.3, -0.25) is 0 Å². The van der Waals surface area contributed by atoms with Gasteiger partial charge in [0, 0.05) is 44.1 Å². The fraction of sp³-hybridized carbons (Fsp3) is 0.524. The molecule has 1 saturated heterocycles. The van der Waals surface area contributed by atoms with Gasteiger partial charge in [-0.1, -0.05) is 30.3 Å². The average Bonchev–Trinajstić information content (AvgIpc) is 3.07. The Morgan fingerprint density at radius 2 is 1.80 bits per heavy atom. The molecule has 4 heteroatoms. The Balaban J connectivity index is 1.43. The topological polar surface area (TPSA) is 23.4 Å². The lowest BCUT2D eigenvalue weighted by atomic mass is 10.0. The van der Waals surface area contributed by atoms with Crippen molar-refractivity contribution in [2.45, 2.75) is 32.0 Å². The second kappa shape index (κ2) is 9.18. The van der Waals surface area contributed by atoms with Crippen LogP contribution in [0.2, 0.25) is 0 Å². The maximum absolute atomic E-state index is 3.78. The predicted molar refractivity (Wildman–Crippen MR) is 105 cm³/mol. The van der Waals surface area contributed by atoms with Gasteiger partial charge in [0.1, 0.15) is 0 Å². The van der Waals surface area contributed by atoms with Crippen LogP contribution in [0, 0.1) is 0 Å². The molecule has 1 aromatic carbocycles. The van der Waals surface area contributed by atoms with Crippen molar-refractivity contribution in [3.63, 3.8) is 0 Å². The number of aromatic nitrogens is 1. The molecule has 3 rings (SSSR count). The van der Waals surface area contributed by atoms with Crippen LogP contribution in [-0.4, -0.2) is 60.7 Å². The molecule has 136 valence electrons. The van der Waals surface area contributed by atoms with Crippen molar-refractivity contribution >= 4 is 0 Å². The zero-order valence-electron chi connectivity index (χ0n) is 15.7. The number of likely N-dealkylation sites (N-methyl/N-ethyl adjacent to an activating group) is 1. The minimum atomic E-state index is 0.649. The molecule has 1 fully saturated rings. The van der Waals surface area contributed by atoms with E-state index in [-0.39, 0.29) is 0 Å². The van der Waals surface area contributed by atoms with E-state index in [1.54, 1.807) is 0 Å². The first-order valence-electron chi connectivity index (χ1n) is 9.49. The average molecular weight is 341 g/mol. The van der Waals surface area contributed by atoms with Crippen molar-refractivity contribution in [1.29, 1.82) is 0 Å². The Labute approximate surface area is 152 Å². The molecule has 1 N–H and O–H groups in total. The lowest BCUT2D eigenvalue weighted by Gasteiger charge is -2.33. The molecule has 0 aliphatic carbocycles. The van der Waals surface area contributed by atoms with E-state index in [0.29, 0.717) is 6.04 Å². The van der Waals surface area contributed by atoms with Crippen LogP contribution in [0.25, 0.3) is 0 Å². The highest BCUT2D eigenvalue weighted by Crippen LogP contribution is 2.12. The van der Waals surface area contributed by atoms with Crippen LogP contribution >= 0.6 is 0 Å². The SMILES string of the molecule is CN(C)CCN1CCC(NCc2cccn2Cc2ccccc2)CC1. The van der Waals surface area contributed by atoms with Gasteiger partial charge in [0.15, 0.2) is 0 Å². The lowest BCUT2D eigenvalue weighted by Crippen LogP contribution is -2.44. The minimum absolute atomic E-state index is 0.649. The summed E-state index contributed by atoms with van der Waals surface area (Å²) in [5.41, 5.74) is 2.73. The van der Waals surface area contributed by atoms with E-state index in [4.69, 9.17) is 0 Å². The maximum Gasteiger partial charge on any atom is 0.0473 e. The number of hydrogen-bond donors (Lipinski definition) is 1. The predicted octanol–water partition coefficient (Wildman–Crippen LogP) is 2.65. The van der Waals surface area contributed by atoms with E-state index in [2.05, 4.69) is 82.4 Å². The molecule has 1 aliphatic rings. The summed E-state index contributed by atoms with van der Waals surface area (Å²) in [6, 6.07) is 15.7. The van der Waals surface area contributed by atoms with E-state index in [1.807, 2.05) is 0 Å². The largest absolute Gasteiger partial charge is 0.346 e. The Hall–Kier alpha value is -1.62. The van der Waals surface area contributed by atoms with Crippen molar-refractivity contribution in [1.82, 2.24) is 19.7 Å². The molecule has 0 bridgehead atoms. The van der Waals surface area contributed by atoms with Gasteiger partial charge in [0.05, 0.1) is 0 Å². The summed E-state index contributed by atoms with van der Waals surface area (Å²) in [6.45, 7) is 6.70. The summed E-state index contributed by atoms with van der Waals surface area (Å²) >= 11 is 0. The van der Waals surface area contributed by atoms with Crippen molar-refractivity contribution < 1.29 is 0 Å². The number of benzene rings is 1. The fourth-order valence-electron chi connectivity index (χ4n) is 3.50. The Morgan fingerprint density at radius 3 is 2.52 bits per heavy atom. The fourth-order valence-corrected chi connectivity index (χ4v) is 3.50. The quantitative estimate of drug-likeness (QED) is 0.799. The van der Waals surface area contributed by atoms with Crippen LogP contribution in [0.3, 0.4) is 0 Å². The van der Waals surface area contributed by atoms with E-state index in [0.717, 1.165) is 19.6 Å². The van der Waals surface area contributed by atoms with Crippen molar-refractivity contribution in [2.24, 2.45) is 0 Å². The second-order valence-corrected chi connectivity index (χ2v) is 7.41. The molecular weight excluding hydrogens is 308 g/mol. The summed E-state index contributed by atoms with van der Waals surface area (Å²) in [7, 11) is 4.30. The molecular formula is C21H32N4. The highest BCUT2D eigenvalue weighted by atomic mass is 15.2. The number of piperidine rings is 1. The molecule has 2 heterocycles. The molecule has 0 atom stereocenters. The van der Waals surface area contributed by atoms with E-state index in [9.17, 15) is 0 Å². The molecule has 1 aliphatic heterocycles. The Bertz CT molecular complexity index is 612. The van der Waals surface area contributed by atoms with Crippen LogP contribution in [-0.2, 0) is 13.1 Å². The first-order valence-corrected chi connectivity index (χ1v) is 9.49. The first-order chi connectivity index (χ1) is 12.2. The number of rotatable bonds is 8. The molecule has 4 nitrogen and oxygen atoms in total. The Kier molecular flexibility index (Phi) is 6.68. The number of hydrogen-bond acceptors (Lipinski definition) is 3. The van der Waals surface area contributed by atoms with Crippen LogP contribution in [0.1, 0.15) is 24.1 Å². The molecule has 2 aromatic rings. The third-order valence-corrected chi connectivity index (χ3v) is 5.14. The molecule has 1 aromatic heterocycles. The molecule has 0 saturated carbocycles. The summed E-state index contributed by atoms with van der Waals surface area (Å²) in [5.74, 6) is 0. The third kappa shape index (κ3) is 5.70. The van der Waals surface area contributed by atoms with Crippen LogP contribution < -0.4 is 5.32 Å². The van der Waals surface area contributed by atoms with Gasteiger partial charge < -0.3 is 19.7 Å². The standard InChI is InChI=1S/C21H32N4/c1-23(2)15-16-24-13-10-20(11-14-24)22-17-21-9-6-12-25(21)18-19-7-4-3-5-8-19/h3-9,12,20,22H,10-11,13-18H2,1-2H3. The molecule has 0 amide bonds. The van der Waals surface area contributed by atoms with Gasteiger partial charge in [0.25, 0.3) is 0 Å². The van der Waals surface area contributed by atoms with Gasteiger partial charge in [-0.15, -0.1) is 0 Å². The summed E-state index contributed by atoms with van der Waals surface area (Å²) in [6.07, 6.45) is 4.70. The smallest absolute Gasteiger partial charge is 0.0473 e. The Morgan fingerprint density at radius 1 is 1.04 bits per heavy atom. The third-order valence-electron chi connectivity index (χ3n) is 5.14. The second-order valence-electron chi connectivity index (χ2n) is 7.41. The van der Waals surface area contributed by atoms with Crippen LogP contribution in [0.4, 0.5) is 0 Å². The zero-order valence-corrected chi connectivity index (χ0v) is 15.7. The van der Waals surface area contributed by atoms with Crippen molar-refractivity contribution in [3.8, 4) is 0 Å². The molecule has 25 heavy (non-hydrogen) atoms. The molecule has 0 unspecified atom stereocenters. The maximum atomic E-state index is 3.78. The monoisotopic (exact) mass is 340 g/mol. The van der Waals surface area contributed by atoms with E-state index in [1.165, 1.54) is 43.7 Å². The molecule has 0 radical (unpaired) electrons. The highest BCUT2D eigenvalue weighted by molar-refractivity contribution is 5.17. The summed E-state index contributed by atoms with van der Waals surface area (Å²) in [4.78, 5) is 4.86. The van der Waals surface area contributed by atoms with E-state index < -0.39 is 0 Å². The van der Waals surface area contributed by atoms with Crippen molar-refractivity contribution in [2.75, 3.05) is 40.3 Å². The van der Waals surface area contributed by atoms with Gasteiger partial charge in [-0.25, -0.2) is 0 Å². The van der Waals surface area contributed by atoms with E-state index >= 15 is 0 Å². The van der Waals surface area contributed by atoms with Crippen LogP contribution in [0.5, 0.6) is 0 Å². The minimum Gasteiger partial charge on any atom is -0.346 e. The number of nitrogens with zero attached hydrogens (tertiary/aromatic N) is 3. The van der Waals surface area contributed by atoms with Gasteiger partial charge in [-0.05, 0) is 57.7 Å². The zero-order chi connectivity index (χ0) is 17.5. The van der Waals surface area contributed by atoms with Crippen LogP contribution in [0.15, 0.2) is 48.7 Å². The number of likely N-dealkylation sites (tertiary alicyclic amines) is 1. The lowest BCUT2D eigenvalue weighted by molar-refractivity contribution is 0.181. The first kappa shape index (κ1) is 18.2. The number of nitrogens with one attached hydrogen (secondary N) is 1. The summed E-state index contributed by atoms with van der Waals surface area (Å²) < 4.78 is 2.36. The van der Waals surface area contributed by atoms with Gasteiger partial charge in [-0.2, -0.15) is 0 Å². The van der Waals surface area contributed by atoms with Gasteiger partial charge in [0.2, 0.25) is 0 Å². The normalized spacial score (nSPS) is 16.6.